The van der Waals surface area contributed by atoms with E-state index in [1.54, 1.807) is 11.3 Å². The number of hydrogen-bond acceptors (Lipinski definition) is 4. The first-order valence-corrected chi connectivity index (χ1v) is 5.61. The topological polar surface area (TPSA) is 37.0 Å². The summed E-state index contributed by atoms with van der Waals surface area (Å²) in [5.74, 6) is 1.02. The Hall–Kier alpha value is -1.13. The van der Waals surface area contributed by atoms with Crippen molar-refractivity contribution in [2.75, 3.05) is 18.4 Å². The van der Waals surface area contributed by atoms with Gasteiger partial charge in [-0.05, 0) is 17.5 Å². The lowest BCUT2D eigenvalue weighted by atomic mass is 10.2. The summed E-state index contributed by atoms with van der Waals surface area (Å²) in [6, 6.07) is 4.74. The van der Waals surface area contributed by atoms with Crippen LogP contribution in [0.5, 0.6) is 0 Å². The quantitative estimate of drug-likeness (QED) is 0.783. The Kier molecular flexibility index (Phi) is 1.89. The van der Waals surface area contributed by atoms with Gasteiger partial charge in [0, 0.05) is 29.4 Å². The van der Waals surface area contributed by atoms with Crippen molar-refractivity contribution < 1.29 is 0 Å². The van der Waals surface area contributed by atoms with Crippen LogP contribution in [0.1, 0.15) is 0 Å². The predicted molar refractivity (Wildman–Crippen MR) is 59.9 cm³/mol. The van der Waals surface area contributed by atoms with Crippen molar-refractivity contribution >= 4 is 27.2 Å². The summed E-state index contributed by atoms with van der Waals surface area (Å²) in [7, 11) is 0. The average Bonchev–Trinajstić information content (AvgIpc) is 2.59. The summed E-state index contributed by atoms with van der Waals surface area (Å²) in [4.78, 5) is 4.37. The lowest BCUT2D eigenvalue weighted by Crippen LogP contribution is -2.51. The van der Waals surface area contributed by atoms with E-state index in [9.17, 15) is 0 Å². The summed E-state index contributed by atoms with van der Waals surface area (Å²) in [6.45, 7) is 2.09. The van der Waals surface area contributed by atoms with Crippen molar-refractivity contribution in [3.63, 3.8) is 0 Å². The van der Waals surface area contributed by atoms with Gasteiger partial charge in [-0.2, -0.15) is 0 Å². The molecule has 3 nitrogen and oxygen atoms in total. The van der Waals surface area contributed by atoms with E-state index in [2.05, 4.69) is 33.1 Å². The maximum atomic E-state index is 4.37. The number of aromatic nitrogens is 1. The Morgan fingerprint density at radius 3 is 3.14 bits per heavy atom. The van der Waals surface area contributed by atoms with E-state index in [4.69, 9.17) is 0 Å². The summed E-state index contributed by atoms with van der Waals surface area (Å²) in [5, 5.41) is 10.0. The van der Waals surface area contributed by atoms with Crippen molar-refractivity contribution in [1.82, 2.24) is 10.3 Å². The van der Waals surface area contributed by atoms with Gasteiger partial charge in [-0.25, -0.2) is 4.98 Å². The van der Waals surface area contributed by atoms with Gasteiger partial charge in [0.25, 0.3) is 0 Å². The highest BCUT2D eigenvalue weighted by Crippen LogP contribution is 2.26. The molecule has 14 heavy (non-hydrogen) atoms. The van der Waals surface area contributed by atoms with Gasteiger partial charge in [-0.3, -0.25) is 0 Å². The molecule has 2 aromatic heterocycles. The fraction of sp³-hybridized carbons (Fsp3) is 0.300. The van der Waals surface area contributed by atoms with Crippen LogP contribution in [0.3, 0.4) is 0 Å². The summed E-state index contributed by atoms with van der Waals surface area (Å²) >= 11 is 1.76. The largest absolute Gasteiger partial charge is 0.364 e. The molecule has 2 N–H and O–H groups in total. The minimum Gasteiger partial charge on any atom is -0.364 e. The summed E-state index contributed by atoms with van der Waals surface area (Å²) in [6.07, 6.45) is 1.87. The van der Waals surface area contributed by atoms with E-state index in [1.165, 1.54) is 10.1 Å². The molecule has 1 saturated heterocycles. The zero-order chi connectivity index (χ0) is 9.38. The van der Waals surface area contributed by atoms with E-state index in [0.717, 1.165) is 18.9 Å². The van der Waals surface area contributed by atoms with E-state index in [1.807, 2.05) is 6.20 Å². The Morgan fingerprint density at radius 1 is 1.43 bits per heavy atom. The Balaban J connectivity index is 1.97. The maximum Gasteiger partial charge on any atom is 0.134 e. The number of hydrogen-bond donors (Lipinski definition) is 2. The number of pyridine rings is 1. The van der Waals surface area contributed by atoms with Crippen LogP contribution in [0.25, 0.3) is 10.1 Å². The van der Waals surface area contributed by atoms with Crippen LogP contribution >= 0.6 is 11.3 Å². The number of fused-ring (bicyclic) bond motifs is 1. The SMILES string of the molecule is c1cc2sccc2c(NC2CNC2)n1. The molecule has 0 aliphatic carbocycles. The van der Waals surface area contributed by atoms with Crippen LogP contribution < -0.4 is 10.6 Å². The van der Waals surface area contributed by atoms with E-state index < -0.39 is 0 Å². The lowest BCUT2D eigenvalue weighted by molar-refractivity contribution is 0.471. The van der Waals surface area contributed by atoms with Gasteiger partial charge >= 0.3 is 0 Å². The number of nitrogens with one attached hydrogen (secondary N) is 2. The molecule has 0 saturated carbocycles. The highest BCUT2D eigenvalue weighted by Gasteiger charge is 2.17. The van der Waals surface area contributed by atoms with E-state index in [-0.39, 0.29) is 0 Å². The first kappa shape index (κ1) is 8.20. The molecule has 0 amide bonds. The third-order valence-corrected chi connectivity index (χ3v) is 3.38. The van der Waals surface area contributed by atoms with Crippen molar-refractivity contribution in [2.45, 2.75) is 6.04 Å². The monoisotopic (exact) mass is 205 g/mol. The Labute approximate surface area is 86.2 Å². The second-order valence-corrected chi connectivity index (χ2v) is 4.44. The molecule has 72 valence electrons. The fourth-order valence-corrected chi connectivity index (χ4v) is 2.38. The zero-order valence-corrected chi connectivity index (χ0v) is 8.47. The molecule has 1 aliphatic rings. The summed E-state index contributed by atoms with van der Waals surface area (Å²) < 4.78 is 1.30. The molecular formula is C10H11N3S. The lowest BCUT2D eigenvalue weighted by Gasteiger charge is -2.28. The van der Waals surface area contributed by atoms with E-state index >= 15 is 0 Å². The molecule has 2 aromatic rings. The summed E-state index contributed by atoms with van der Waals surface area (Å²) in [5.41, 5.74) is 0. The van der Waals surface area contributed by atoms with Crippen LogP contribution in [0, 0.1) is 0 Å². The molecule has 0 spiro atoms. The molecule has 1 fully saturated rings. The zero-order valence-electron chi connectivity index (χ0n) is 7.66. The highest BCUT2D eigenvalue weighted by molar-refractivity contribution is 7.17. The number of nitrogens with zero attached hydrogens (tertiary/aromatic N) is 1. The minimum atomic E-state index is 0.549. The highest BCUT2D eigenvalue weighted by atomic mass is 32.1. The van der Waals surface area contributed by atoms with Crippen molar-refractivity contribution in [2.24, 2.45) is 0 Å². The van der Waals surface area contributed by atoms with Gasteiger partial charge < -0.3 is 10.6 Å². The van der Waals surface area contributed by atoms with Crippen LogP contribution in [-0.4, -0.2) is 24.1 Å². The van der Waals surface area contributed by atoms with Crippen LogP contribution in [-0.2, 0) is 0 Å². The molecule has 3 heterocycles. The van der Waals surface area contributed by atoms with Crippen LogP contribution in [0.4, 0.5) is 5.82 Å². The molecule has 0 radical (unpaired) electrons. The molecular weight excluding hydrogens is 194 g/mol. The Bertz CT molecular complexity index is 447. The predicted octanol–water partition coefficient (Wildman–Crippen LogP) is 1.68. The van der Waals surface area contributed by atoms with Gasteiger partial charge in [0.15, 0.2) is 0 Å². The van der Waals surface area contributed by atoms with E-state index in [0.29, 0.717) is 6.04 Å². The smallest absolute Gasteiger partial charge is 0.134 e. The number of rotatable bonds is 2. The molecule has 0 aromatic carbocycles. The van der Waals surface area contributed by atoms with Crippen molar-refractivity contribution in [3.8, 4) is 0 Å². The second kappa shape index (κ2) is 3.22. The number of anilines is 1. The molecule has 0 bridgehead atoms. The van der Waals surface area contributed by atoms with Gasteiger partial charge in [0.05, 0.1) is 6.04 Å². The van der Waals surface area contributed by atoms with Crippen molar-refractivity contribution in [1.29, 1.82) is 0 Å². The van der Waals surface area contributed by atoms with Crippen molar-refractivity contribution in [3.05, 3.63) is 23.7 Å². The standard InChI is InChI=1S/C10H11N3S/c1-3-12-10(13-7-5-11-6-7)8-2-4-14-9(1)8/h1-4,7,11H,5-6H2,(H,12,13). The number of thiophene rings is 1. The first-order valence-electron chi connectivity index (χ1n) is 4.73. The maximum absolute atomic E-state index is 4.37. The van der Waals surface area contributed by atoms with Crippen LogP contribution in [0.15, 0.2) is 23.7 Å². The molecule has 1 aliphatic heterocycles. The molecule has 4 heteroatoms. The first-order chi connectivity index (χ1) is 6.93. The molecule has 0 atom stereocenters. The average molecular weight is 205 g/mol. The van der Waals surface area contributed by atoms with Gasteiger partial charge in [0.1, 0.15) is 5.82 Å². The Morgan fingerprint density at radius 2 is 2.36 bits per heavy atom. The minimum absolute atomic E-state index is 0.549. The third kappa shape index (κ3) is 1.27. The molecule has 0 unspecified atom stereocenters. The second-order valence-electron chi connectivity index (χ2n) is 3.49. The normalized spacial score (nSPS) is 16.9. The molecule has 3 rings (SSSR count). The van der Waals surface area contributed by atoms with Gasteiger partial charge in [-0.15, -0.1) is 11.3 Å². The fourth-order valence-electron chi connectivity index (χ4n) is 1.59. The third-order valence-electron chi connectivity index (χ3n) is 2.50. The van der Waals surface area contributed by atoms with Gasteiger partial charge in [-0.1, -0.05) is 0 Å². The van der Waals surface area contributed by atoms with Crippen LogP contribution in [0.2, 0.25) is 0 Å². The van der Waals surface area contributed by atoms with Gasteiger partial charge in [0.2, 0.25) is 0 Å².